The molecule has 0 N–H and O–H groups in total. The van der Waals surface area contributed by atoms with Crippen LogP contribution in [0.25, 0.3) is 11.5 Å². The Morgan fingerprint density at radius 1 is 0.611 bits per heavy atom. The monoisotopic (exact) mass is 772 g/mol. The first-order chi connectivity index (χ1) is 25.6. The van der Waals surface area contributed by atoms with E-state index >= 15 is 0 Å². The Balaban J connectivity index is 0.000000208. The SMILES string of the molecule is C=C[C@H]1CN(S(=O)(=O)c2ccc(C)cc2)C=C(c2ccccc2[N+](=O)[O-])O1.C=C[C@H]1CN(S(=O)(=O)c2ccc(C)cc2)C=C(c2ccccc2[N+](=O)[O-])O1. The zero-order valence-electron chi connectivity index (χ0n) is 29.2. The molecule has 2 aliphatic rings. The molecule has 14 nitrogen and oxygen atoms in total. The van der Waals surface area contributed by atoms with Gasteiger partial charge < -0.3 is 9.47 Å². The second-order valence-electron chi connectivity index (χ2n) is 12.1. The van der Waals surface area contributed by atoms with Gasteiger partial charge >= 0.3 is 0 Å². The van der Waals surface area contributed by atoms with Crippen molar-refractivity contribution in [3.05, 3.63) is 177 Å². The molecule has 2 heterocycles. The largest absolute Gasteiger partial charge is 0.482 e. The van der Waals surface area contributed by atoms with Crippen LogP contribution >= 0.6 is 0 Å². The number of hydrogen-bond donors (Lipinski definition) is 0. The standard InChI is InChI=1S/2C19H18N2O5S/c2*1-3-15-12-20(27(24,25)16-10-8-14(2)9-11-16)13-19(26-15)17-6-4-5-7-18(17)21(22)23/h2*3-11,13,15H,1,12H2,2H3/t2*15-/m00/s1. The fourth-order valence-electron chi connectivity index (χ4n) is 5.40. The molecule has 54 heavy (non-hydrogen) atoms. The minimum Gasteiger partial charge on any atom is -0.482 e. The number of ether oxygens (including phenoxy) is 2. The summed E-state index contributed by atoms with van der Waals surface area (Å²) >= 11 is 0. The number of para-hydroxylation sites is 2. The normalized spacial score (nSPS) is 17.0. The molecule has 0 saturated carbocycles. The van der Waals surface area contributed by atoms with Crippen LogP contribution in [0.5, 0.6) is 0 Å². The van der Waals surface area contributed by atoms with Crippen molar-refractivity contribution in [2.75, 3.05) is 13.1 Å². The van der Waals surface area contributed by atoms with E-state index in [-0.39, 0.29) is 56.9 Å². The summed E-state index contributed by atoms with van der Waals surface area (Å²) in [6.07, 6.45) is 4.25. The van der Waals surface area contributed by atoms with Crippen LogP contribution in [-0.2, 0) is 29.5 Å². The topological polar surface area (TPSA) is 179 Å². The molecule has 2 aliphatic heterocycles. The van der Waals surface area contributed by atoms with E-state index in [1.54, 1.807) is 36.4 Å². The van der Waals surface area contributed by atoms with Crippen LogP contribution < -0.4 is 0 Å². The number of benzene rings is 4. The molecule has 0 fully saturated rings. The van der Waals surface area contributed by atoms with Crippen molar-refractivity contribution in [2.24, 2.45) is 0 Å². The Morgan fingerprint density at radius 3 is 1.26 bits per heavy atom. The highest BCUT2D eigenvalue weighted by Gasteiger charge is 2.33. The summed E-state index contributed by atoms with van der Waals surface area (Å²) in [4.78, 5) is 21.8. The van der Waals surface area contributed by atoms with E-state index in [0.717, 1.165) is 19.7 Å². The number of nitro groups is 2. The van der Waals surface area contributed by atoms with Crippen LogP contribution in [0.3, 0.4) is 0 Å². The number of sulfonamides is 2. The zero-order valence-corrected chi connectivity index (χ0v) is 30.9. The highest BCUT2D eigenvalue weighted by Crippen LogP contribution is 2.34. The van der Waals surface area contributed by atoms with E-state index in [2.05, 4.69) is 13.2 Å². The van der Waals surface area contributed by atoms with Gasteiger partial charge in [0.25, 0.3) is 31.4 Å². The van der Waals surface area contributed by atoms with Crippen molar-refractivity contribution >= 4 is 42.9 Å². The molecule has 0 bridgehead atoms. The third-order valence-corrected chi connectivity index (χ3v) is 11.8. The van der Waals surface area contributed by atoms with Crippen LogP contribution in [0.2, 0.25) is 0 Å². The fourth-order valence-corrected chi connectivity index (χ4v) is 8.06. The molecule has 280 valence electrons. The molecule has 0 radical (unpaired) electrons. The van der Waals surface area contributed by atoms with Crippen molar-refractivity contribution in [3.63, 3.8) is 0 Å². The Hall–Kier alpha value is -6.26. The molecule has 2 atom stereocenters. The lowest BCUT2D eigenvalue weighted by Crippen LogP contribution is -2.37. The fraction of sp³-hybridized carbons (Fsp3) is 0.158. The maximum Gasteiger partial charge on any atom is 0.280 e. The van der Waals surface area contributed by atoms with Crippen LogP contribution in [-0.4, -0.2) is 60.6 Å². The summed E-state index contributed by atoms with van der Waals surface area (Å²) in [5.74, 6) is 0.211. The molecule has 4 aromatic carbocycles. The van der Waals surface area contributed by atoms with E-state index in [9.17, 15) is 37.1 Å². The first-order valence-corrected chi connectivity index (χ1v) is 19.2. The number of aryl methyl sites for hydroxylation is 2. The molecule has 0 spiro atoms. The predicted molar refractivity (Wildman–Crippen MR) is 202 cm³/mol. The van der Waals surface area contributed by atoms with E-state index in [4.69, 9.17) is 9.47 Å². The lowest BCUT2D eigenvalue weighted by molar-refractivity contribution is -0.385. The number of hydrogen-bond acceptors (Lipinski definition) is 10. The number of nitro benzene ring substituents is 2. The van der Waals surface area contributed by atoms with Gasteiger partial charge in [-0.2, -0.15) is 0 Å². The molecule has 0 amide bonds. The lowest BCUT2D eigenvalue weighted by Gasteiger charge is -2.31. The second-order valence-corrected chi connectivity index (χ2v) is 15.9. The van der Waals surface area contributed by atoms with E-state index in [1.807, 2.05) is 13.8 Å². The van der Waals surface area contributed by atoms with Crippen LogP contribution in [0.15, 0.2) is 145 Å². The molecular formula is C38H36N4O10S2. The lowest BCUT2D eigenvalue weighted by atomic mass is 10.1. The highest BCUT2D eigenvalue weighted by molar-refractivity contribution is 7.89. The summed E-state index contributed by atoms with van der Waals surface area (Å²) in [5, 5.41) is 22.6. The first-order valence-electron chi connectivity index (χ1n) is 16.3. The zero-order chi connectivity index (χ0) is 39.2. The Bertz CT molecular complexity index is 2190. The van der Waals surface area contributed by atoms with E-state index in [1.165, 1.54) is 85.2 Å². The Morgan fingerprint density at radius 2 is 0.944 bits per heavy atom. The van der Waals surface area contributed by atoms with Crippen LogP contribution in [0, 0.1) is 34.1 Å². The van der Waals surface area contributed by atoms with Crippen molar-refractivity contribution in [1.82, 2.24) is 8.61 Å². The third kappa shape index (κ3) is 8.51. The van der Waals surface area contributed by atoms with E-state index < -0.39 is 42.1 Å². The second kappa shape index (κ2) is 16.2. The number of rotatable bonds is 10. The average Bonchev–Trinajstić information content (AvgIpc) is 3.18. The van der Waals surface area contributed by atoms with E-state index in [0.29, 0.717) is 0 Å². The molecule has 0 aliphatic carbocycles. The van der Waals surface area contributed by atoms with Crippen molar-refractivity contribution in [2.45, 2.75) is 35.8 Å². The van der Waals surface area contributed by atoms with Gasteiger partial charge in [-0.3, -0.25) is 28.8 Å². The number of nitrogens with zero attached hydrogens (tertiary/aromatic N) is 4. The Kier molecular flexibility index (Phi) is 11.7. The molecule has 4 aromatic rings. The van der Waals surface area contributed by atoms with Gasteiger partial charge in [0.2, 0.25) is 0 Å². The van der Waals surface area contributed by atoms with Crippen LogP contribution in [0.4, 0.5) is 11.4 Å². The molecule has 0 unspecified atom stereocenters. The molecule has 6 rings (SSSR count). The summed E-state index contributed by atoms with van der Waals surface area (Å²) in [6.45, 7) is 11.1. The minimum atomic E-state index is -3.84. The average molecular weight is 773 g/mol. The summed E-state index contributed by atoms with van der Waals surface area (Å²) in [5.41, 5.74) is 1.96. The minimum absolute atomic E-state index is 0.0316. The first kappa shape index (κ1) is 39.0. The summed E-state index contributed by atoms with van der Waals surface area (Å²) in [7, 11) is -7.67. The van der Waals surface area contributed by atoms with Crippen LogP contribution in [0.1, 0.15) is 22.3 Å². The molecule has 0 aromatic heterocycles. The molecule has 0 saturated heterocycles. The summed E-state index contributed by atoms with van der Waals surface area (Å²) in [6, 6.07) is 25.0. The van der Waals surface area contributed by atoms with Gasteiger partial charge in [0.15, 0.2) is 11.5 Å². The van der Waals surface area contributed by atoms with Gasteiger partial charge in [-0.05, 0) is 62.4 Å². The quantitative estimate of drug-likeness (QED) is 0.0930. The smallest absolute Gasteiger partial charge is 0.280 e. The van der Waals surface area contributed by atoms with Crippen molar-refractivity contribution in [3.8, 4) is 0 Å². The third-order valence-electron chi connectivity index (χ3n) is 8.31. The maximum absolute atomic E-state index is 13.0. The van der Waals surface area contributed by atoms with Crippen molar-refractivity contribution in [1.29, 1.82) is 0 Å². The van der Waals surface area contributed by atoms with Gasteiger partial charge in [0.1, 0.15) is 12.2 Å². The van der Waals surface area contributed by atoms with Gasteiger partial charge in [0.05, 0.1) is 56.3 Å². The molecular weight excluding hydrogens is 737 g/mol. The van der Waals surface area contributed by atoms with Gasteiger partial charge in [-0.25, -0.2) is 16.8 Å². The van der Waals surface area contributed by atoms with Gasteiger partial charge in [-0.1, -0.05) is 72.8 Å². The van der Waals surface area contributed by atoms with Gasteiger partial charge in [0, 0.05) is 12.1 Å². The van der Waals surface area contributed by atoms with Gasteiger partial charge in [-0.15, -0.1) is 0 Å². The molecule has 16 heteroatoms. The summed E-state index contributed by atoms with van der Waals surface area (Å²) < 4.78 is 65.8. The Labute approximate surface area is 313 Å². The highest BCUT2D eigenvalue weighted by atomic mass is 32.2. The predicted octanol–water partition coefficient (Wildman–Crippen LogP) is 6.95. The maximum atomic E-state index is 13.0. The van der Waals surface area contributed by atoms with Crippen molar-refractivity contribution < 1.29 is 36.2 Å².